The number of hydrogen-bond donors (Lipinski definition) is 2. The van der Waals surface area contributed by atoms with Gasteiger partial charge in [-0.2, -0.15) is 0 Å². The molecule has 0 unspecified atom stereocenters. The van der Waals surface area contributed by atoms with Gasteiger partial charge in [0.15, 0.2) is 0 Å². The van der Waals surface area contributed by atoms with E-state index in [1.54, 1.807) is 30.5 Å². The molecule has 2 aliphatic rings. The van der Waals surface area contributed by atoms with Crippen LogP contribution in [0.2, 0.25) is 0 Å². The minimum Gasteiger partial charge on any atom is -0.350 e. The summed E-state index contributed by atoms with van der Waals surface area (Å²) in [7, 11) is -3.44. The maximum Gasteiger partial charge on any atom is 0.274 e. The van der Waals surface area contributed by atoms with E-state index in [9.17, 15) is 18.0 Å². The van der Waals surface area contributed by atoms with Crippen molar-refractivity contribution in [3.05, 3.63) is 77.1 Å². The first-order valence-corrected chi connectivity index (χ1v) is 15.4. The number of carbonyl (C=O) groups is 2. The molecule has 2 fully saturated rings. The topological polar surface area (TPSA) is 121 Å². The van der Waals surface area contributed by atoms with Crippen molar-refractivity contribution in [1.82, 2.24) is 20.2 Å². The van der Waals surface area contributed by atoms with Crippen molar-refractivity contribution in [1.29, 1.82) is 0 Å². The second-order valence-corrected chi connectivity index (χ2v) is 13.1. The highest BCUT2D eigenvalue weighted by Gasteiger charge is 2.54. The third kappa shape index (κ3) is 5.11. The lowest BCUT2D eigenvalue weighted by molar-refractivity contribution is 0.0684. The molecule has 11 heteroatoms. The second-order valence-electron chi connectivity index (χ2n) is 10.1. The summed E-state index contributed by atoms with van der Waals surface area (Å²) in [5.41, 5.74) is 2.66. The summed E-state index contributed by atoms with van der Waals surface area (Å²) in [6.07, 6.45) is 4.55. The van der Waals surface area contributed by atoms with Crippen LogP contribution in [0.4, 0.5) is 5.69 Å². The lowest BCUT2D eigenvalue weighted by Gasteiger charge is -2.27. The normalized spacial score (nSPS) is 20.1. The van der Waals surface area contributed by atoms with Gasteiger partial charge in [0.05, 0.1) is 33.3 Å². The van der Waals surface area contributed by atoms with Crippen LogP contribution in [0.15, 0.2) is 60.8 Å². The first kappa shape index (κ1) is 25.4. The van der Waals surface area contributed by atoms with Gasteiger partial charge < -0.3 is 10.2 Å². The van der Waals surface area contributed by atoms with Crippen molar-refractivity contribution in [3.8, 4) is 10.4 Å². The van der Waals surface area contributed by atoms with Crippen molar-refractivity contribution >= 4 is 49.8 Å². The summed E-state index contributed by atoms with van der Waals surface area (Å²) < 4.78 is 25.9. The van der Waals surface area contributed by atoms with Crippen LogP contribution in [0.25, 0.3) is 21.3 Å². The quantitative estimate of drug-likeness (QED) is 0.351. The SMILES string of the molecule is Cc1nc(C(=O)N2[C@H](CNC(=O)c3cccc4cccnc34)C[C@@H]3C[C@@H]32)c(-c2cccc(NS(C)(=O)=O)c2)s1. The van der Waals surface area contributed by atoms with Gasteiger partial charge in [-0.1, -0.05) is 30.3 Å². The predicted octanol–water partition coefficient (Wildman–Crippen LogP) is 4.07. The summed E-state index contributed by atoms with van der Waals surface area (Å²) in [6.45, 7) is 2.19. The Morgan fingerprint density at radius 3 is 2.72 bits per heavy atom. The van der Waals surface area contributed by atoms with E-state index >= 15 is 0 Å². The van der Waals surface area contributed by atoms with E-state index in [1.165, 1.54) is 11.3 Å². The Balaban J connectivity index is 1.23. The van der Waals surface area contributed by atoms with E-state index in [2.05, 4.69) is 20.0 Å². The van der Waals surface area contributed by atoms with E-state index in [-0.39, 0.29) is 23.9 Å². The van der Waals surface area contributed by atoms with Gasteiger partial charge in [-0.15, -0.1) is 11.3 Å². The summed E-state index contributed by atoms with van der Waals surface area (Å²) in [6, 6.07) is 16.3. The molecule has 2 N–H and O–H groups in total. The van der Waals surface area contributed by atoms with Crippen LogP contribution in [0.3, 0.4) is 0 Å². The molecule has 1 saturated carbocycles. The zero-order chi connectivity index (χ0) is 27.3. The number of piperidine rings is 1. The molecular formula is C28H27N5O4S2. The average molecular weight is 562 g/mol. The number of aryl methyl sites for hydroxylation is 1. The van der Waals surface area contributed by atoms with E-state index in [4.69, 9.17) is 0 Å². The molecule has 2 aromatic heterocycles. The van der Waals surface area contributed by atoms with Gasteiger partial charge in [-0.05, 0) is 55.5 Å². The van der Waals surface area contributed by atoms with Crippen LogP contribution in [-0.4, -0.2) is 60.0 Å². The number of rotatable bonds is 7. The smallest absolute Gasteiger partial charge is 0.274 e. The summed E-state index contributed by atoms with van der Waals surface area (Å²) in [5.74, 6) is 0.0557. The maximum atomic E-state index is 13.9. The number of hydrogen-bond acceptors (Lipinski definition) is 7. The number of nitrogens with zero attached hydrogens (tertiary/aromatic N) is 3. The largest absolute Gasteiger partial charge is 0.350 e. The third-order valence-electron chi connectivity index (χ3n) is 7.19. The minimum atomic E-state index is -3.44. The Bertz CT molecular complexity index is 1710. The van der Waals surface area contributed by atoms with Crippen LogP contribution in [0.1, 0.15) is 38.7 Å². The number of carbonyl (C=O) groups excluding carboxylic acids is 2. The fourth-order valence-corrected chi connectivity index (χ4v) is 6.94. The molecule has 200 valence electrons. The molecule has 0 spiro atoms. The van der Waals surface area contributed by atoms with Crippen LogP contribution >= 0.6 is 11.3 Å². The number of anilines is 1. The highest BCUT2D eigenvalue weighted by atomic mass is 32.2. The third-order valence-corrected chi connectivity index (χ3v) is 8.81. The molecule has 3 heterocycles. The van der Waals surface area contributed by atoms with Gasteiger partial charge in [0.2, 0.25) is 10.0 Å². The number of fused-ring (bicyclic) bond motifs is 2. The Labute approximate surface area is 230 Å². The molecule has 1 saturated heterocycles. The van der Waals surface area contributed by atoms with Gasteiger partial charge in [-0.3, -0.25) is 19.3 Å². The lowest BCUT2D eigenvalue weighted by atomic mass is 10.1. The fourth-order valence-electron chi connectivity index (χ4n) is 5.48. The molecule has 1 aliphatic heterocycles. The molecule has 4 aromatic rings. The molecule has 0 bridgehead atoms. The Hall–Kier alpha value is -3.83. The number of nitrogens with one attached hydrogen (secondary N) is 2. The van der Waals surface area contributed by atoms with Gasteiger partial charge in [0.1, 0.15) is 5.69 Å². The minimum absolute atomic E-state index is 0.138. The molecule has 1 aliphatic carbocycles. The van der Waals surface area contributed by atoms with Crippen molar-refractivity contribution in [2.45, 2.75) is 31.8 Å². The van der Waals surface area contributed by atoms with Crippen molar-refractivity contribution in [2.75, 3.05) is 17.5 Å². The zero-order valence-corrected chi connectivity index (χ0v) is 23.1. The molecule has 2 amide bonds. The summed E-state index contributed by atoms with van der Waals surface area (Å²) in [4.78, 5) is 38.6. The number of benzene rings is 2. The number of amides is 2. The second kappa shape index (κ2) is 9.73. The Morgan fingerprint density at radius 1 is 1.10 bits per heavy atom. The highest BCUT2D eigenvalue weighted by molar-refractivity contribution is 7.92. The lowest BCUT2D eigenvalue weighted by Crippen LogP contribution is -2.45. The Morgan fingerprint density at radius 2 is 1.90 bits per heavy atom. The van der Waals surface area contributed by atoms with E-state index in [0.29, 0.717) is 39.8 Å². The first-order valence-electron chi connectivity index (χ1n) is 12.7. The molecule has 0 radical (unpaired) electrons. The van der Waals surface area contributed by atoms with Crippen LogP contribution in [0.5, 0.6) is 0 Å². The number of likely N-dealkylation sites (tertiary alicyclic amines) is 1. The molecule has 2 aromatic carbocycles. The first-order chi connectivity index (χ1) is 18.7. The fraction of sp³-hybridized carbons (Fsp3) is 0.286. The number of sulfonamides is 1. The molecule has 39 heavy (non-hydrogen) atoms. The van der Waals surface area contributed by atoms with Gasteiger partial charge in [0.25, 0.3) is 11.8 Å². The van der Waals surface area contributed by atoms with Gasteiger partial charge in [0, 0.05) is 29.9 Å². The van der Waals surface area contributed by atoms with Crippen LogP contribution in [0, 0.1) is 12.8 Å². The van der Waals surface area contributed by atoms with Crippen LogP contribution < -0.4 is 10.0 Å². The standard InChI is InChI=1S/C28H27N5O4S2/c1-16-31-25(26(38-16)18-7-3-9-20(12-18)32-39(2,36)37)28(35)33-21(13-19-14-23(19)33)15-30-27(34)22-10-4-6-17-8-5-11-29-24(17)22/h3-12,19,21,23,32H,13-15H2,1-2H3,(H,30,34)/t19-,21+,23+/m1/s1. The van der Waals surface area contributed by atoms with Gasteiger partial charge in [-0.25, -0.2) is 13.4 Å². The van der Waals surface area contributed by atoms with E-state index < -0.39 is 10.0 Å². The van der Waals surface area contributed by atoms with Gasteiger partial charge >= 0.3 is 0 Å². The van der Waals surface area contributed by atoms with Crippen molar-refractivity contribution in [3.63, 3.8) is 0 Å². The summed E-state index contributed by atoms with van der Waals surface area (Å²) in [5, 5.41) is 4.68. The van der Waals surface area contributed by atoms with Crippen LogP contribution in [-0.2, 0) is 10.0 Å². The van der Waals surface area contributed by atoms with Crippen molar-refractivity contribution in [2.24, 2.45) is 5.92 Å². The Kier molecular flexibility index (Phi) is 6.35. The summed E-state index contributed by atoms with van der Waals surface area (Å²) >= 11 is 1.40. The number of pyridine rings is 1. The molecule has 6 rings (SSSR count). The molecule has 9 nitrogen and oxygen atoms in total. The maximum absolute atomic E-state index is 13.9. The molecule has 3 atom stereocenters. The van der Waals surface area contributed by atoms with E-state index in [0.717, 1.165) is 35.1 Å². The highest BCUT2D eigenvalue weighted by Crippen LogP contribution is 2.49. The number of para-hydroxylation sites is 1. The monoisotopic (exact) mass is 561 g/mol. The molecular weight excluding hydrogens is 534 g/mol. The average Bonchev–Trinajstić information content (AvgIpc) is 3.39. The van der Waals surface area contributed by atoms with E-state index in [1.807, 2.05) is 42.2 Å². The zero-order valence-electron chi connectivity index (χ0n) is 21.4. The van der Waals surface area contributed by atoms with Crippen molar-refractivity contribution < 1.29 is 18.0 Å². The predicted molar refractivity (Wildman–Crippen MR) is 151 cm³/mol. The number of thiazole rings is 1. The number of aromatic nitrogens is 2.